The quantitative estimate of drug-likeness (QED) is 0.613. The number of ether oxygens (including phenoxy) is 1. The molecule has 1 aliphatic carbocycles. The van der Waals surface area contributed by atoms with Gasteiger partial charge in [0.05, 0.1) is 13.1 Å². The maximum absolute atomic E-state index is 5.88. The molecule has 0 aliphatic heterocycles. The molecule has 1 aromatic heterocycles. The molecule has 0 bridgehead atoms. The van der Waals surface area contributed by atoms with E-state index in [1.807, 2.05) is 6.92 Å². The molecule has 1 heterocycles. The van der Waals surface area contributed by atoms with Crippen LogP contribution in [0.15, 0.2) is 4.52 Å². The van der Waals surface area contributed by atoms with E-state index in [4.69, 9.17) is 15.7 Å². The zero-order chi connectivity index (χ0) is 12.8. The third-order valence-corrected chi connectivity index (χ3v) is 3.21. The summed E-state index contributed by atoms with van der Waals surface area (Å²) >= 11 is 0. The highest BCUT2D eigenvalue weighted by atomic mass is 16.5. The van der Waals surface area contributed by atoms with Crippen LogP contribution in [0, 0.1) is 12.3 Å². The molecule has 5 nitrogen and oxygen atoms in total. The van der Waals surface area contributed by atoms with Crippen LogP contribution in [0.2, 0.25) is 0 Å². The van der Waals surface area contributed by atoms with Crippen LogP contribution in [0.25, 0.3) is 0 Å². The van der Waals surface area contributed by atoms with Crippen LogP contribution in [0.5, 0.6) is 0 Å². The van der Waals surface area contributed by atoms with Gasteiger partial charge in [0.25, 0.3) is 0 Å². The average molecular weight is 249 g/mol. The van der Waals surface area contributed by atoms with Gasteiger partial charge in [0.1, 0.15) is 5.60 Å². The average Bonchev–Trinajstić information content (AvgIpc) is 2.99. The molecule has 1 aliphatic rings. The van der Waals surface area contributed by atoms with Crippen LogP contribution in [-0.4, -0.2) is 23.3 Å². The zero-order valence-electron chi connectivity index (χ0n) is 10.7. The van der Waals surface area contributed by atoms with Gasteiger partial charge in [0, 0.05) is 6.61 Å². The summed E-state index contributed by atoms with van der Waals surface area (Å²) in [5.41, 5.74) is -0.331. The number of terminal acetylenes is 1. The van der Waals surface area contributed by atoms with Gasteiger partial charge in [-0.25, -0.2) is 0 Å². The molecule has 18 heavy (non-hydrogen) atoms. The standard InChI is InChI=1S/C13H19N3O2/c1-3-9-14-10-11-15-12(16-18-11)13(17-4-2)7-5-6-8-13/h1,14H,4-10H2,2H3. The van der Waals surface area contributed by atoms with Crippen molar-refractivity contribution in [1.29, 1.82) is 0 Å². The molecule has 0 spiro atoms. The van der Waals surface area contributed by atoms with Gasteiger partial charge in [0.2, 0.25) is 11.7 Å². The van der Waals surface area contributed by atoms with E-state index in [0.717, 1.165) is 25.7 Å². The van der Waals surface area contributed by atoms with Gasteiger partial charge in [-0.15, -0.1) is 6.42 Å². The van der Waals surface area contributed by atoms with Crippen LogP contribution in [0.3, 0.4) is 0 Å². The molecule has 1 fully saturated rings. The van der Waals surface area contributed by atoms with E-state index in [-0.39, 0.29) is 5.60 Å². The number of nitrogens with one attached hydrogen (secondary N) is 1. The van der Waals surface area contributed by atoms with E-state index >= 15 is 0 Å². The molecule has 98 valence electrons. The second-order valence-corrected chi connectivity index (χ2v) is 4.45. The summed E-state index contributed by atoms with van der Waals surface area (Å²) in [5, 5.41) is 7.09. The van der Waals surface area contributed by atoms with Crippen molar-refractivity contribution < 1.29 is 9.26 Å². The predicted molar refractivity (Wildman–Crippen MR) is 66.6 cm³/mol. The molecule has 1 N–H and O–H groups in total. The summed E-state index contributed by atoms with van der Waals surface area (Å²) in [6, 6.07) is 0. The smallest absolute Gasteiger partial charge is 0.240 e. The predicted octanol–water partition coefficient (Wildman–Crippen LogP) is 1.60. The number of hydrogen-bond acceptors (Lipinski definition) is 5. The first-order chi connectivity index (χ1) is 8.80. The van der Waals surface area contributed by atoms with Gasteiger partial charge in [-0.05, 0) is 32.6 Å². The summed E-state index contributed by atoms with van der Waals surface area (Å²) in [5.74, 6) is 3.74. The Kier molecular flexibility index (Phi) is 4.34. The monoisotopic (exact) mass is 249 g/mol. The summed E-state index contributed by atoms with van der Waals surface area (Å²) in [7, 11) is 0. The molecule has 0 aromatic carbocycles. The van der Waals surface area contributed by atoms with Gasteiger partial charge in [0.15, 0.2) is 0 Å². The first-order valence-corrected chi connectivity index (χ1v) is 6.42. The first kappa shape index (κ1) is 13.1. The molecule has 5 heteroatoms. The van der Waals surface area contributed by atoms with Gasteiger partial charge in [-0.2, -0.15) is 4.98 Å². The molecule has 1 aromatic rings. The number of hydrogen-bond donors (Lipinski definition) is 1. The van der Waals surface area contributed by atoms with Crippen molar-refractivity contribution in [2.24, 2.45) is 0 Å². The van der Waals surface area contributed by atoms with E-state index in [0.29, 0.717) is 31.4 Å². The lowest BCUT2D eigenvalue weighted by Gasteiger charge is -2.24. The van der Waals surface area contributed by atoms with E-state index in [9.17, 15) is 0 Å². The van der Waals surface area contributed by atoms with Crippen molar-refractivity contribution in [1.82, 2.24) is 15.5 Å². The van der Waals surface area contributed by atoms with Crippen LogP contribution in [0.1, 0.15) is 44.3 Å². The van der Waals surface area contributed by atoms with Gasteiger partial charge in [-0.3, -0.25) is 5.32 Å². The number of aromatic nitrogens is 2. The fourth-order valence-corrected chi connectivity index (χ4v) is 2.41. The maximum atomic E-state index is 5.88. The molecule has 0 unspecified atom stereocenters. The van der Waals surface area contributed by atoms with Crippen molar-refractivity contribution in [3.05, 3.63) is 11.7 Å². The molecule has 0 saturated heterocycles. The zero-order valence-corrected chi connectivity index (χ0v) is 10.7. The lowest BCUT2D eigenvalue weighted by molar-refractivity contribution is -0.0469. The number of nitrogens with zero attached hydrogens (tertiary/aromatic N) is 2. The Morgan fingerprint density at radius 2 is 2.28 bits per heavy atom. The minimum absolute atomic E-state index is 0.331. The molecule has 0 amide bonds. The van der Waals surface area contributed by atoms with Crippen LogP contribution in [0.4, 0.5) is 0 Å². The second-order valence-electron chi connectivity index (χ2n) is 4.45. The highest BCUT2D eigenvalue weighted by Crippen LogP contribution is 2.40. The van der Waals surface area contributed by atoms with E-state index in [1.54, 1.807) is 0 Å². The van der Waals surface area contributed by atoms with Crippen molar-refractivity contribution in [3.8, 4) is 12.3 Å². The van der Waals surface area contributed by atoms with Gasteiger partial charge < -0.3 is 9.26 Å². The Bertz CT molecular complexity index is 416. The summed E-state index contributed by atoms with van der Waals surface area (Å²) in [6.45, 7) is 3.66. The lowest BCUT2D eigenvalue weighted by Crippen LogP contribution is -2.27. The van der Waals surface area contributed by atoms with Gasteiger partial charge in [-0.1, -0.05) is 11.1 Å². The van der Waals surface area contributed by atoms with Crippen LogP contribution < -0.4 is 5.32 Å². The van der Waals surface area contributed by atoms with Crippen molar-refractivity contribution in [3.63, 3.8) is 0 Å². The third-order valence-electron chi connectivity index (χ3n) is 3.21. The topological polar surface area (TPSA) is 60.2 Å². The molecule has 0 radical (unpaired) electrons. The van der Waals surface area contributed by atoms with E-state index < -0.39 is 0 Å². The fourth-order valence-electron chi connectivity index (χ4n) is 2.41. The normalized spacial score (nSPS) is 17.8. The Hall–Kier alpha value is -1.38. The van der Waals surface area contributed by atoms with Crippen LogP contribution in [-0.2, 0) is 16.9 Å². The van der Waals surface area contributed by atoms with Crippen molar-refractivity contribution >= 4 is 0 Å². The van der Waals surface area contributed by atoms with E-state index in [1.165, 1.54) is 0 Å². The minimum atomic E-state index is -0.331. The first-order valence-electron chi connectivity index (χ1n) is 6.42. The summed E-state index contributed by atoms with van der Waals surface area (Å²) in [6.07, 6.45) is 9.40. The SMILES string of the molecule is C#CCNCc1nc(C2(OCC)CCCC2)no1. The van der Waals surface area contributed by atoms with Crippen molar-refractivity contribution in [2.75, 3.05) is 13.2 Å². The highest BCUT2D eigenvalue weighted by molar-refractivity contribution is 5.04. The summed E-state index contributed by atoms with van der Waals surface area (Å²) in [4.78, 5) is 4.42. The Morgan fingerprint density at radius 1 is 1.50 bits per heavy atom. The van der Waals surface area contributed by atoms with Crippen LogP contribution >= 0.6 is 0 Å². The van der Waals surface area contributed by atoms with Gasteiger partial charge >= 0.3 is 0 Å². The largest absolute Gasteiger partial charge is 0.367 e. The number of rotatable bonds is 6. The molecular weight excluding hydrogens is 230 g/mol. The summed E-state index contributed by atoms with van der Waals surface area (Å²) < 4.78 is 11.1. The third kappa shape index (κ3) is 2.71. The van der Waals surface area contributed by atoms with E-state index in [2.05, 4.69) is 21.4 Å². The fraction of sp³-hybridized carbons (Fsp3) is 0.692. The lowest BCUT2D eigenvalue weighted by atomic mass is 10.0. The molecule has 2 rings (SSSR count). The minimum Gasteiger partial charge on any atom is -0.367 e. The molecule has 0 atom stereocenters. The van der Waals surface area contributed by atoms with Crippen molar-refractivity contribution in [2.45, 2.75) is 44.8 Å². The Labute approximate surface area is 107 Å². The molecular formula is C13H19N3O2. The molecule has 1 saturated carbocycles. The Morgan fingerprint density at radius 3 is 2.94 bits per heavy atom. The Balaban J connectivity index is 2.05. The highest BCUT2D eigenvalue weighted by Gasteiger charge is 2.40. The second kappa shape index (κ2) is 5.98. The maximum Gasteiger partial charge on any atom is 0.240 e.